The number of halogens is 3. The maximum absolute atomic E-state index is 12.9. The molecule has 0 atom stereocenters. The van der Waals surface area contributed by atoms with Gasteiger partial charge in [0.15, 0.2) is 5.11 Å². The normalized spacial score (nSPS) is 15.2. The first-order chi connectivity index (χ1) is 11.9. The molecule has 1 heterocycles. The lowest BCUT2D eigenvalue weighted by Crippen LogP contribution is -2.21. The van der Waals surface area contributed by atoms with Gasteiger partial charge in [0.2, 0.25) is 0 Å². The average molecular weight is 486 g/mol. The molecule has 8 heteroatoms. The Hall–Kier alpha value is -1.77. The molecule has 4 nitrogen and oxygen atoms in total. The molecule has 1 aliphatic heterocycles. The van der Waals surface area contributed by atoms with E-state index in [4.69, 9.17) is 17.0 Å². The van der Waals surface area contributed by atoms with Crippen LogP contribution in [0.25, 0.3) is 6.08 Å². The highest BCUT2D eigenvalue weighted by molar-refractivity contribution is 9.11. The smallest absolute Gasteiger partial charge is 0.273 e. The predicted molar refractivity (Wildman–Crippen MR) is 104 cm³/mol. The van der Waals surface area contributed by atoms with Crippen LogP contribution in [0.15, 0.2) is 51.0 Å². The molecule has 0 saturated carbocycles. The summed E-state index contributed by atoms with van der Waals surface area (Å²) in [6.45, 7) is 0.302. The van der Waals surface area contributed by atoms with E-state index in [0.717, 1.165) is 20.1 Å². The molecule has 128 valence electrons. The van der Waals surface area contributed by atoms with Crippen LogP contribution in [0.4, 0.5) is 4.39 Å². The zero-order chi connectivity index (χ0) is 18.0. The van der Waals surface area contributed by atoms with Crippen LogP contribution in [-0.2, 0) is 11.4 Å². The third-order valence-corrected chi connectivity index (χ3v) is 4.73. The van der Waals surface area contributed by atoms with E-state index in [-0.39, 0.29) is 16.8 Å². The van der Waals surface area contributed by atoms with Crippen molar-refractivity contribution in [1.82, 2.24) is 10.6 Å². The third-order valence-electron chi connectivity index (χ3n) is 3.35. The average Bonchev–Trinajstić information content (AvgIpc) is 2.86. The van der Waals surface area contributed by atoms with E-state index in [2.05, 4.69) is 42.5 Å². The minimum absolute atomic E-state index is 0.270. The standard InChI is InChI=1S/C17H11Br2FN2O2S/c18-12-5-10(7-14-16(23)22-17(25)21-14)6-13(19)15(12)24-8-9-1-3-11(20)4-2-9/h1-7H,8H2,(H2,21,22,23,25)/b14-7+. The van der Waals surface area contributed by atoms with Gasteiger partial charge in [-0.1, -0.05) is 12.1 Å². The Kier molecular flexibility index (Phi) is 5.51. The van der Waals surface area contributed by atoms with Gasteiger partial charge in [-0.15, -0.1) is 0 Å². The summed E-state index contributed by atoms with van der Waals surface area (Å²) in [5, 5.41) is 5.59. The number of rotatable bonds is 4. The van der Waals surface area contributed by atoms with Crippen molar-refractivity contribution in [3.63, 3.8) is 0 Å². The van der Waals surface area contributed by atoms with Gasteiger partial charge in [-0.3, -0.25) is 10.1 Å². The first-order valence-corrected chi connectivity index (χ1v) is 9.12. The largest absolute Gasteiger partial charge is 0.487 e. The molecular weight excluding hydrogens is 475 g/mol. The lowest BCUT2D eigenvalue weighted by Gasteiger charge is -2.11. The van der Waals surface area contributed by atoms with Gasteiger partial charge in [0.25, 0.3) is 5.91 Å². The molecular formula is C17H11Br2FN2O2S. The van der Waals surface area contributed by atoms with Gasteiger partial charge in [0.05, 0.1) is 8.95 Å². The summed E-state index contributed by atoms with van der Waals surface area (Å²) >= 11 is 11.8. The van der Waals surface area contributed by atoms with Crippen molar-refractivity contribution < 1.29 is 13.9 Å². The summed E-state index contributed by atoms with van der Waals surface area (Å²) in [6, 6.07) is 9.78. The highest BCUT2D eigenvalue weighted by atomic mass is 79.9. The minimum Gasteiger partial charge on any atom is -0.487 e. The van der Waals surface area contributed by atoms with Gasteiger partial charge in [-0.25, -0.2) is 4.39 Å². The Morgan fingerprint density at radius 3 is 2.32 bits per heavy atom. The molecule has 0 spiro atoms. The summed E-state index contributed by atoms with van der Waals surface area (Å²) in [5.41, 5.74) is 2.02. The fourth-order valence-electron chi connectivity index (χ4n) is 2.19. The van der Waals surface area contributed by atoms with E-state index in [9.17, 15) is 9.18 Å². The topological polar surface area (TPSA) is 50.4 Å². The molecule has 0 radical (unpaired) electrons. The lowest BCUT2D eigenvalue weighted by atomic mass is 10.2. The number of hydrogen-bond donors (Lipinski definition) is 2. The molecule has 0 aliphatic carbocycles. The second-order valence-corrected chi connectivity index (χ2v) is 7.31. The fourth-order valence-corrected chi connectivity index (χ4v) is 3.84. The summed E-state index contributed by atoms with van der Waals surface area (Å²) < 4.78 is 20.2. The highest BCUT2D eigenvalue weighted by Gasteiger charge is 2.20. The zero-order valence-electron chi connectivity index (χ0n) is 12.6. The number of hydrogen-bond acceptors (Lipinski definition) is 3. The molecule has 0 unspecified atom stereocenters. The molecule has 2 aromatic carbocycles. The van der Waals surface area contributed by atoms with Gasteiger partial charge in [0.1, 0.15) is 23.9 Å². The number of carbonyl (C=O) groups is 1. The van der Waals surface area contributed by atoms with Crippen LogP contribution in [-0.4, -0.2) is 11.0 Å². The SMILES string of the molecule is O=C1NC(=S)N/C1=C/c1cc(Br)c(OCc2ccc(F)cc2)c(Br)c1. The van der Waals surface area contributed by atoms with Crippen LogP contribution in [0, 0.1) is 5.82 Å². The third kappa shape index (κ3) is 4.45. The number of benzene rings is 2. The first-order valence-electron chi connectivity index (χ1n) is 7.12. The van der Waals surface area contributed by atoms with Gasteiger partial charge < -0.3 is 10.1 Å². The minimum atomic E-state index is -0.285. The lowest BCUT2D eigenvalue weighted by molar-refractivity contribution is -0.115. The number of nitrogens with one attached hydrogen (secondary N) is 2. The predicted octanol–water partition coefficient (Wildman–Crippen LogP) is 4.27. The van der Waals surface area contributed by atoms with Crippen molar-refractivity contribution in [1.29, 1.82) is 0 Å². The van der Waals surface area contributed by atoms with E-state index in [1.807, 2.05) is 12.1 Å². The molecule has 2 aromatic rings. The van der Waals surface area contributed by atoms with Crippen LogP contribution in [0.1, 0.15) is 11.1 Å². The van der Waals surface area contributed by atoms with Crippen molar-refractivity contribution in [2.24, 2.45) is 0 Å². The Labute approximate surface area is 165 Å². The molecule has 0 aromatic heterocycles. The van der Waals surface area contributed by atoms with Gasteiger partial charge in [-0.2, -0.15) is 0 Å². The molecule has 1 amide bonds. The molecule has 3 rings (SSSR count). The quantitative estimate of drug-likeness (QED) is 0.501. The zero-order valence-corrected chi connectivity index (χ0v) is 16.6. The number of amides is 1. The van der Waals surface area contributed by atoms with Gasteiger partial charge in [0, 0.05) is 0 Å². The van der Waals surface area contributed by atoms with E-state index < -0.39 is 0 Å². The summed E-state index contributed by atoms with van der Waals surface area (Å²) in [7, 11) is 0. The van der Waals surface area contributed by atoms with Crippen molar-refractivity contribution in [2.45, 2.75) is 6.61 Å². The first kappa shape index (κ1) is 18.0. The van der Waals surface area contributed by atoms with Crippen molar-refractivity contribution >= 4 is 61.2 Å². The molecule has 1 saturated heterocycles. The van der Waals surface area contributed by atoms with Crippen molar-refractivity contribution in [2.75, 3.05) is 0 Å². The molecule has 0 bridgehead atoms. The second kappa shape index (κ2) is 7.63. The summed E-state index contributed by atoms with van der Waals surface area (Å²) in [6.07, 6.45) is 1.69. The van der Waals surface area contributed by atoms with Crippen molar-refractivity contribution in [3.05, 3.63) is 68.0 Å². The fraction of sp³-hybridized carbons (Fsp3) is 0.0588. The Balaban J connectivity index is 1.78. The Morgan fingerprint density at radius 1 is 1.12 bits per heavy atom. The van der Waals surface area contributed by atoms with Gasteiger partial charge in [-0.05, 0) is 85.5 Å². The van der Waals surface area contributed by atoms with E-state index in [1.54, 1.807) is 18.2 Å². The maximum atomic E-state index is 12.9. The van der Waals surface area contributed by atoms with E-state index in [1.165, 1.54) is 12.1 Å². The molecule has 1 fully saturated rings. The monoisotopic (exact) mass is 484 g/mol. The van der Waals surface area contributed by atoms with Gasteiger partial charge >= 0.3 is 0 Å². The number of ether oxygens (including phenoxy) is 1. The van der Waals surface area contributed by atoms with Crippen LogP contribution >= 0.6 is 44.1 Å². The maximum Gasteiger partial charge on any atom is 0.273 e. The Bertz CT molecular complexity index is 862. The highest BCUT2D eigenvalue weighted by Crippen LogP contribution is 2.36. The summed E-state index contributed by atoms with van der Waals surface area (Å²) in [4.78, 5) is 11.7. The molecule has 2 N–H and O–H groups in total. The van der Waals surface area contributed by atoms with Crippen LogP contribution in [0.5, 0.6) is 5.75 Å². The number of thiocarbonyl (C=S) groups is 1. The molecule has 25 heavy (non-hydrogen) atoms. The van der Waals surface area contributed by atoms with E-state index >= 15 is 0 Å². The van der Waals surface area contributed by atoms with Crippen LogP contribution < -0.4 is 15.4 Å². The Morgan fingerprint density at radius 2 is 1.76 bits per heavy atom. The summed E-state index contributed by atoms with van der Waals surface area (Å²) in [5.74, 6) is 0.0623. The van der Waals surface area contributed by atoms with Crippen molar-refractivity contribution in [3.8, 4) is 5.75 Å². The molecule has 1 aliphatic rings. The van der Waals surface area contributed by atoms with E-state index in [0.29, 0.717) is 18.1 Å². The van der Waals surface area contributed by atoms with Crippen LogP contribution in [0.3, 0.4) is 0 Å². The number of carbonyl (C=O) groups excluding carboxylic acids is 1. The van der Waals surface area contributed by atoms with Crippen LogP contribution in [0.2, 0.25) is 0 Å². The second-order valence-electron chi connectivity index (χ2n) is 5.20.